The van der Waals surface area contributed by atoms with Gasteiger partial charge in [-0.2, -0.15) is 0 Å². The van der Waals surface area contributed by atoms with Gasteiger partial charge in [-0.25, -0.2) is 0 Å². The summed E-state index contributed by atoms with van der Waals surface area (Å²) in [7, 11) is 1.52. The van der Waals surface area contributed by atoms with E-state index in [-0.39, 0.29) is 24.8 Å². The highest BCUT2D eigenvalue weighted by Gasteiger charge is 2.17. The summed E-state index contributed by atoms with van der Waals surface area (Å²) in [5.74, 6) is 0.103. The lowest BCUT2D eigenvalue weighted by atomic mass is 10.1. The number of aromatic nitrogens is 1. The molecule has 0 radical (unpaired) electrons. The van der Waals surface area contributed by atoms with Crippen LogP contribution in [-0.2, 0) is 9.59 Å². The van der Waals surface area contributed by atoms with Crippen LogP contribution in [0.4, 0.5) is 11.4 Å². The van der Waals surface area contributed by atoms with Gasteiger partial charge in [0.1, 0.15) is 5.75 Å². The number of fused-ring (bicyclic) bond motifs is 1. The molecule has 0 aliphatic carbocycles. The zero-order valence-corrected chi connectivity index (χ0v) is 16.4. The predicted octanol–water partition coefficient (Wildman–Crippen LogP) is 4.28. The molecule has 3 rings (SSSR count). The Bertz CT molecular complexity index is 1020. The van der Waals surface area contributed by atoms with E-state index in [9.17, 15) is 9.59 Å². The van der Waals surface area contributed by atoms with Crippen LogP contribution in [0.15, 0.2) is 54.7 Å². The van der Waals surface area contributed by atoms with Crippen molar-refractivity contribution in [3.8, 4) is 5.75 Å². The topological polar surface area (TPSA) is 71.5 Å². The molecule has 7 heteroatoms. The Hall–Kier alpha value is -3.12. The van der Waals surface area contributed by atoms with Crippen LogP contribution in [0.3, 0.4) is 0 Å². The molecule has 0 aliphatic heterocycles. The molecule has 1 heterocycles. The van der Waals surface area contributed by atoms with Crippen molar-refractivity contribution in [2.24, 2.45) is 0 Å². The van der Waals surface area contributed by atoms with Crippen molar-refractivity contribution in [2.45, 2.75) is 13.3 Å². The second-order valence-electron chi connectivity index (χ2n) is 6.17. The molecule has 0 saturated carbocycles. The first-order valence-electron chi connectivity index (χ1n) is 8.75. The molecule has 0 unspecified atom stereocenters. The third-order valence-corrected chi connectivity index (χ3v) is 4.52. The average Bonchev–Trinajstić information content (AvgIpc) is 2.68. The maximum atomic E-state index is 12.5. The van der Waals surface area contributed by atoms with Crippen molar-refractivity contribution in [3.63, 3.8) is 0 Å². The number of nitrogens with zero attached hydrogens (tertiary/aromatic N) is 2. The number of anilines is 2. The van der Waals surface area contributed by atoms with Crippen LogP contribution >= 0.6 is 11.6 Å². The van der Waals surface area contributed by atoms with Gasteiger partial charge in [0.2, 0.25) is 11.8 Å². The number of ether oxygens (including phenoxy) is 1. The van der Waals surface area contributed by atoms with Gasteiger partial charge in [0.15, 0.2) is 0 Å². The molecule has 0 fully saturated rings. The number of pyridine rings is 1. The first-order chi connectivity index (χ1) is 13.5. The molecular weight excluding hydrogens is 378 g/mol. The number of hydrogen-bond donors (Lipinski definition) is 1. The minimum atomic E-state index is -0.250. The van der Waals surface area contributed by atoms with E-state index in [4.69, 9.17) is 16.3 Å². The van der Waals surface area contributed by atoms with Gasteiger partial charge in [0.25, 0.3) is 0 Å². The number of hydrogen-bond acceptors (Lipinski definition) is 4. The van der Waals surface area contributed by atoms with Gasteiger partial charge in [0.05, 0.1) is 24.0 Å². The minimum Gasteiger partial charge on any atom is -0.495 e. The van der Waals surface area contributed by atoms with Crippen LogP contribution in [0.2, 0.25) is 5.02 Å². The summed E-state index contributed by atoms with van der Waals surface area (Å²) in [5.41, 5.74) is 1.89. The molecule has 1 N–H and O–H groups in total. The Morgan fingerprint density at radius 1 is 1.18 bits per heavy atom. The second kappa shape index (κ2) is 8.71. The summed E-state index contributed by atoms with van der Waals surface area (Å²) in [5, 5.41) is 4.20. The van der Waals surface area contributed by atoms with Crippen molar-refractivity contribution >= 4 is 45.7 Å². The van der Waals surface area contributed by atoms with Crippen molar-refractivity contribution in [1.29, 1.82) is 0 Å². The van der Waals surface area contributed by atoms with Gasteiger partial charge in [-0.3, -0.25) is 14.6 Å². The molecule has 28 heavy (non-hydrogen) atoms. The molecule has 0 saturated heterocycles. The monoisotopic (exact) mass is 397 g/mol. The van der Waals surface area contributed by atoms with Crippen LogP contribution in [0, 0.1) is 0 Å². The zero-order chi connectivity index (χ0) is 20.1. The number of para-hydroxylation sites is 1. The zero-order valence-electron chi connectivity index (χ0n) is 15.6. The Morgan fingerprint density at radius 2 is 1.96 bits per heavy atom. The molecule has 3 aromatic rings. The molecular formula is C21H20ClN3O3. The Kier molecular flexibility index (Phi) is 6.11. The number of benzene rings is 2. The van der Waals surface area contributed by atoms with E-state index in [0.29, 0.717) is 22.1 Å². The number of halogens is 1. The maximum Gasteiger partial charge on any atom is 0.226 e. The van der Waals surface area contributed by atoms with Crippen molar-refractivity contribution in [3.05, 3.63) is 59.8 Å². The van der Waals surface area contributed by atoms with E-state index in [1.54, 1.807) is 29.3 Å². The molecule has 2 amide bonds. The molecule has 1 aromatic heterocycles. The van der Waals surface area contributed by atoms with Gasteiger partial charge in [-0.05, 0) is 30.3 Å². The molecule has 0 atom stereocenters. The van der Waals surface area contributed by atoms with Crippen molar-refractivity contribution < 1.29 is 14.3 Å². The van der Waals surface area contributed by atoms with E-state index in [0.717, 1.165) is 10.9 Å². The van der Waals surface area contributed by atoms with Crippen LogP contribution in [0.25, 0.3) is 10.9 Å². The summed E-state index contributed by atoms with van der Waals surface area (Å²) in [6, 6.07) is 14.4. The fourth-order valence-electron chi connectivity index (χ4n) is 2.96. The number of amides is 2. The highest BCUT2D eigenvalue weighted by molar-refractivity contribution is 6.31. The third-order valence-electron chi connectivity index (χ3n) is 4.28. The third kappa shape index (κ3) is 4.40. The van der Waals surface area contributed by atoms with E-state index >= 15 is 0 Å². The summed E-state index contributed by atoms with van der Waals surface area (Å²) in [6.45, 7) is 1.69. The first-order valence-corrected chi connectivity index (χ1v) is 9.12. The molecule has 0 bridgehead atoms. The molecule has 0 spiro atoms. The summed E-state index contributed by atoms with van der Waals surface area (Å²) < 4.78 is 5.24. The van der Waals surface area contributed by atoms with Gasteiger partial charge in [0, 0.05) is 36.5 Å². The summed E-state index contributed by atoms with van der Waals surface area (Å²) >= 11 is 6.00. The fraction of sp³-hybridized carbons (Fsp3) is 0.190. The van der Waals surface area contributed by atoms with Crippen LogP contribution in [0.5, 0.6) is 5.75 Å². The lowest BCUT2D eigenvalue weighted by Crippen LogP contribution is -2.32. The maximum absolute atomic E-state index is 12.5. The SMILES string of the molecule is COc1ccc(Cl)cc1NC(=O)CCN(C(C)=O)c1cccc2cccnc12. The number of nitrogens with one attached hydrogen (secondary N) is 1. The molecule has 0 aliphatic rings. The van der Waals surface area contributed by atoms with Crippen LogP contribution in [-0.4, -0.2) is 30.5 Å². The molecule has 6 nitrogen and oxygen atoms in total. The van der Waals surface area contributed by atoms with Gasteiger partial charge in [-0.15, -0.1) is 0 Å². The van der Waals surface area contributed by atoms with Gasteiger partial charge >= 0.3 is 0 Å². The number of carbonyl (C=O) groups excluding carboxylic acids is 2. The van der Waals surface area contributed by atoms with E-state index in [1.807, 2.05) is 30.3 Å². The summed E-state index contributed by atoms with van der Waals surface area (Å²) in [4.78, 5) is 30.6. The normalized spacial score (nSPS) is 10.5. The Labute approximate surface area is 168 Å². The predicted molar refractivity (Wildman–Crippen MR) is 111 cm³/mol. The Balaban J connectivity index is 1.76. The van der Waals surface area contributed by atoms with Gasteiger partial charge in [-0.1, -0.05) is 29.8 Å². The quantitative estimate of drug-likeness (QED) is 0.673. The highest BCUT2D eigenvalue weighted by Crippen LogP contribution is 2.28. The molecule has 2 aromatic carbocycles. The van der Waals surface area contributed by atoms with Gasteiger partial charge < -0.3 is 15.0 Å². The first kappa shape index (κ1) is 19.6. The summed E-state index contributed by atoms with van der Waals surface area (Å²) in [6.07, 6.45) is 1.79. The standard InChI is InChI=1S/C21H20ClN3O3/c1-14(26)25(18-7-3-5-15-6-4-11-23-21(15)18)12-10-20(27)24-17-13-16(22)8-9-19(17)28-2/h3-9,11,13H,10,12H2,1-2H3,(H,24,27). The lowest BCUT2D eigenvalue weighted by molar-refractivity contribution is -0.117. The number of carbonyl (C=O) groups is 2. The van der Waals surface area contributed by atoms with Crippen molar-refractivity contribution in [1.82, 2.24) is 4.98 Å². The average molecular weight is 398 g/mol. The van der Waals surface area contributed by atoms with E-state index in [2.05, 4.69) is 10.3 Å². The van der Waals surface area contributed by atoms with Crippen LogP contribution < -0.4 is 15.0 Å². The second-order valence-corrected chi connectivity index (χ2v) is 6.60. The lowest BCUT2D eigenvalue weighted by Gasteiger charge is -2.22. The van der Waals surface area contributed by atoms with E-state index in [1.165, 1.54) is 14.0 Å². The smallest absolute Gasteiger partial charge is 0.226 e. The van der Waals surface area contributed by atoms with Crippen LogP contribution in [0.1, 0.15) is 13.3 Å². The van der Waals surface area contributed by atoms with E-state index < -0.39 is 0 Å². The van der Waals surface area contributed by atoms with Crippen molar-refractivity contribution in [2.75, 3.05) is 23.9 Å². The Morgan fingerprint density at radius 3 is 2.71 bits per heavy atom. The molecule has 144 valence electrons. The number of methoxy groups -OCH3 is 1. The minimum absolute atomic E-state index is 0.110. The number of rotatable bonds is 6. The fourth-order valence-corrected chi connectivity index (χ4v) is 3.13. The largest absolute Gasteiger partial charge is 0.495 e. The highest BCUT2D eigenvalue weighted by atomic mass is 35.5.